The predicted molar refractivity (Wildman–Crippen MR) is 91.4 cm³/mol. The Morgan fingerprint density at radius 1 is 1.08 bits per heavy atom. The van der Waals surface area contributed by atoms with Crippen molar-refractivity contribution in [3.05, 3.63) is 34.3 Å². The van der Waals surface area contributed by atoms with Gasteiger partial charge in [-0.15, -0.1) is 0 Å². The van der Waals surface area contributed by atoms with Gasteiger partial charge in [-0.2, -0.15) is 0 Å². The van der Waals surface area contributed by atoms with E-state index in [-0.39, 0.29) is 11.7 Å². The van der Waals surface area contributed by atoms with Gasteiger partial charge in [0.15, 0.2) is 5.92 Å². The summed E-state index contributed by atoms with van der Waals surface area (Å²) in [5.74, 6) is -3.37. The van der Waals surface area contributed by atoms with Gasteiger partial charge in [-0.05, 0) is 30.5 Å². The van der Waals surface area contributed by atoms with Crippen molar-refractivity contribution in [2.24, 2.45) is 11.8 Å². The second kappa shape index (κ2) is 8.42. The maximum absolute atomic E-state index is 12.5. The van der Waals surface area contributed by atoms with Gasteiger partial charge >= 0.3 is 11.9 Å². The highest BCUT2D eigenvalue weighted by molar-refractivity contribution is 9.10. The van der Waals surface area contributed by atoms with Crippen molar-refractivity contribution in [2.75, 3.05) is 14.2 Å². The minimum atomic E-state index is -1.15. The Hall–Kier alpha value is -1.69. The lowest BCUT2D eigenvalue weighted by Gasteiger charge is -2.32. The molecule has 0 unspecified atom stereocenters. The predicted octanol–water partition coefficient (Wildman–Crippen LogP) is 3.25. The molecule has 0 aromatic heterocycles. The van der Waals surface area contributed by atoms with E-state index in [2.05, 4.69) is 15.9 Å². The van der Waals surface area contributed by atoms with Crippen LogP contribution in [-0.2, 0) is 23.9 Å². The summed E-state index contributed by atoms with van der Waals surface area (Å²) in [5.41, 5.74) is 0.763. The number of hydrogen-bond donors (Lipinski definition) is 0. The molecule has 0 saturated heterocycles. The van der Waals surface area contributed by atoms with Crippen LogP contribution in [0.5, 0.6) is 0 Å². The second-order valence-corrected chi connectivity index (χ2v) is 6.84. The fourth-order valence-electron chi connectivity index (χ4n) is 3.38. The molecule has 0 amide bonds. The summed E-state index contributed by atoms with van der Waals surface area (Å²) in [6.07, 6.45) is 2.89. The molecule has 0 radical (unpaired) electrons. The number of Topliss-reactive ketones (excluding diaryl/α,β-unsaturated/α-hetero) is 1. The molecular weight excluding hydrogens is 376 g/mol. The number of ketones is 1. The molecule has 24 heavy (non-hydrogen) atoms. The van der Waals surface area contributed by atoms with Gasteiger partial charge < -0.3 is 9.47 Å². The lowest BCUT2D eigenvalue weighted by Crippen LogP contribution is -2.39. The van der Waals surface area contributed by atoms with Crippen molar-refractivity contribution in [3.63, 3.8) is 0 Å². The molecule has 1 aromatic carbocycles. The zero-order valence-corrected chi connectivity index (χ0v) is 15.4. The Morgan fingerprint density at radius 3 is 2.17 bits per heavy atom. The van der Waals surface area contributed by atoms with E-state index in [4.69, 9.17) is 9.47 Å². The Bertz CT molecular complexity index is 594. The van der Waals surface area contributed by atoms with Crippen LogP contribution < -0.4 is 0 Å². The van der Waals surface area contributed by atoms with Gasteiger partial charge in [-0.1, -0.05) is 34.5 Å². The van der Waals surface area contributed by atoms with Crippen LogP contribution in [0.25, 0.3) is 0 Å². The smallest absolute Gasteiger partial charge is 0.320 e. The van der Waals surface area contributed by atoms with Crippen LogP contribution in [-0.4, -0.2) is 31.9 Å². The molecule has 1 aliphatic rings. The molecule has 0 aliphatic heterocycles. The minimum Gasteiger partial charge on any atom is -0.468 e. The largest absolute Gasteiger partial charge is 0.468 e. The average molecular weight is 397 g/mol. The Balaban J connectivity index is 2.50. The number of esters is 2. The molecule has 130 valence electrons. The number of carbonyl (C=O) groups is 3. The lowest BCUT2D eigenvalue weighted by molar-refractivity contribution is -0.161. The fourth-order valence-corrected chi connectivity index (χ4v) is 3.64. The highest BCUT2D eigenvalue weighted by Crippen LogP contribution is 2.40. The van der Waals surface area contributed by atoms with Gasteiger partial charge in [0.05, 0.1) is 14.2 Å². The van der Waals surface area contributed by atoms with Crippen molar-refractivity contribution < 1.29 is 23.9 Å². The number of ether oxygens (including phenoxy) is 2. The van der Waals surface area contributed by atoms with Crippen molar-refractivity contribution in [1.29, 1.82) is 0 Å². The highest BCUT2D eigenvalue weighted by Gasteiger charge is 2.44. The summed E-state index contributed by atoms with van der Waals surface area (Å²) < 4.78 is 10.5. The number of benzene rings is 1. The Labute approximate surface area is 149 Å². The number of halogens is 1. The first kappa shape index (κ1) is 18.6. The minimum absolute atomic E-state index is 0.0898. The quantitative estimate of drug-likeness (QED) is 0.564. The van der Waals surface area contributed by atoms with Crippen molar-refractivity contribution in [1.82, 2.24) is 0 Å². The fraction of sp³-hybridized carbons (Fsp3) is 0.500. The number of methoxy groups -OCH3 is 2. The molecule has 0 bridgehead atoms. The first-order valence-electron chi connectivity index (χ1n) is 7.93. The first-order valence-corrected chi connectivity index (χ1v) is 8.72. The lowest BCUT2D eigenvalue weighted by atomic mass is 9.70. The highest BCUT2D eigenvalue weighted by atomic mass is 79.9. The third-order valence-corrected chi connectivity index (χ3v) is 5.09. The van der Waals surface area contributed by atoms with E-state index in [0.29, 0.717) is 12.8 Å². The van der Waals surface area contributed by atoms with Crippen LogP contribution in [0.3, 0.4) is 0 Å². The summed E-state index contributed by atoms with van der Waals surface area (Å²) in [6, 6.07) is 7.33. The van der Waals surface area contributed by atoms with Crippen molar-refractivity contribution >= 4 is 33.7 Å². The summed E-state index contributed by atoms with van der Waals surface area (Å²) in [7, 11) is 2.47. The standard InChI is InChI=1S/C18H21BrO5/c1-23-17(21)16(18(22)24-2)15(11-7-9-12(19)10-8-11)13-5-3-4-6-14(13)20/h7-10,13,15-16H,3-6H2,1-2H3/t13-,15+/m1/s1. The first-order chi connectivity index (χ1) is 11.5. The van der Waals surface area contributed by atoms with Gasteiger partial charge in [0.2, 0.25) is 0 Å². The molecule has 1 fully saturated rings. The van der Waals surface area contributed by atoms with E-state index in [0.717, 1.165) is 22.9 Å². The van der Waals surface area contributed by atoms with Gasteiger partial charge in [0.25, 0.3) is 0 Å². The molecule has 0 spiro atoms. The van der Waals surface area contributed by atoms with Crippen molar-refractivity contribution in [3.8, 4) is 0 Å². The van der Waals surface area contributed by atoms with Crippen LogP contribution in [0.1, 0.15) is 37.2 Å². The topological polar surface area (TPSA) is 69.7 Å². The molecule has 0 heterocycles. The molecule has 2 atom stereocenters. The molecule has 6 heteroatoms. The van der Waals surface area contributed by atoms with Gasteiger partial charge in [0.1, 0.15) is 5.78 Å². The number of hydrogen-bond acceptors (Lipinski definition) is 5. The molecule has 0 N–H and O–H groups in total. The van der Waals surface area contributed by atoms with Crippen LogP contribution in [0.4, 0.5) is 0 Å². The monoisotopic (exact) mass is 396 g/mol. The van der Waals surface area contributed by atoms with E-state index in [9.17, 15) is 14.4 Å². The summed E-state index contributed by atoms with van der Waals surface area (Å²) in [5, 5.41) is 0. The number of rotatable bonds is 5. The molecule has 1 saturated carbocycles. The molecular formula is C18H21BrO5. The van der Waals surface area contributed by atoms with E-state index in [1.54, 1.807) is 0 Å². The van der Waals surface area contributed by atoms with E-state index >= 15 is 0 Å². The van der Waals surface area contributed by atoms with Gasteiger partial charge in [0, 0.05) is 22.7 Å². The van der Waals surface area contributed by atoms with Crippen LogP contribution in [0, 0.1) is 11.8 Å². The summed E-state index contributed by atoms with van der Waals surface area (Å²) in [4.78, 5) is 37.1. The maximum Gasteiger partial charge on any atom is 0.320 e. The average Bonchev–Trinajstić information content (AvgIpc) is 2.60. The third kappa shape index (κ3) is 4.04. The summed E-state index contributed by atoms with van der Waals surface area (Å²) in [6.45, 7) is 0. The van der Waals surface area contributed by atoms with Crippen molar-refractivity contribution in [2.45, 2.75) is 31.6 Å². The van der Waals surface area contributed by atoms with E-state index < -0.39 is 23.8 Å². The van der Waals surface area contributed by atoms with Gasteiger partial charge in [-0.25, -0.2) is 0 Å². The van der Waals surface area contributed by atoms with Crippen LogP contribution >= 0.6 is 15.9 Å². The zero-order valence-electron chi connectivity index (χ0n) is 13.8. The second-order valence-electron chi connectivity index (χ2n) is 5.92. The van der Waals surface area contributed by atoms with Crippen LogP contribution in [0.15, 0.2) is 28.7 Å². The van der Waals surface area contributed by atoms with E-state index in [1.165, 1.54) is 14.2 Å². The molecule has 1 aliphatic carbocycles. The SMILES string of the molecule is COC(=O)C(C(=O)OC)[C@@H](c1ccc(Br)cc1)[C@@H]1CCCCC1=O. The maximum atomic E-state index is 12.5. The molecule has 2 rings (SSSR count). The molecule has 1 aromatic rings. The van der Waals surface area contributed by atoms with Gasteiger partial charge in [-0.3, -0.25) is 14.4 Å². The van der Waals surface area contributed by atoms with E-state index in [1.807, 2.05) is 24.3 Å². The summed E-state index contributed by atoms with van der Waals surface area (Å²) >= 11 is 3.37. The number of carbonyl (C=O) groups excluding carboxylic acids is 3. The molecule has 5 nitrogen and oxygen atoms in total. The normalized spacial score (nSPS) is 19.0. The zero-order chi connectivity index (χ0) is 17.7. The Morgan fingerprint density at radius 2 is 1.67 bits per heavy atom. The van der Waals surface area contributed by atoms with Crippen LogP contribution in [0.2, 0.25) is 0 Å². The third-order valence-electron chi connectivity index (χ3n) is 4.56. The Kier molecular flexibility index (Phi) is 6.54.